The lowest BCUT2D eigenvalue weighted by molar-refractivity contribution is -0.143. The number of amides is 2. The van der Waals surface area contributed by atoms with Gasteiger partial charge in [0, 0.05) is 31.6 Å². The number of nitrogens with one attached hydrogen (secondary N) is 1. The van der Waals surface area contributed by atoms with Gasteiger partial charge in [-0.3, -0.25) is 9.59 Å². The lowest BCUT2D eigenvalue weighted by atomic mass is 9.83. The van der Waals surface area contributed by atoms with Crippen LogP contribution in [0.2, 0.25) is 0 Å². The van der Waals surface area contributed by atoms with Crippen molar-refractivity contribution < 1.29 is 14.3 Å². The SMILES string of the molecule is CCCCN1C(=O)CC[C@@H](C(=O)NCCCn2cnc3ccccc32)[C@@H]1c1ccccc1OC. The number of aryl methyl sites for hydroxylation is 1. The number of rotatable bonds is 10. The molecule has 2 atom stereocenters. The summed E-state index contributed by atoms with van der Waals surface area (Å²) in [4.78, 5) is 32.6. The van der Waals surface area contributed by atoms with Gasteiger partial charge in [0.1, 0.15) is 5.75 Å². The molecule has 1 N–H and O–H groups in total. The summed E-state index contributed by atoms with van der Waals surface area (Å²) in [7, 11) is 1.63. The second-order valence-electron chi connectivity index (χ2n) is 8.84. The van der Waals surface area contributed by atoms with E-state index in [1.807, 2.05) is 53.7 Å². The molecular formula is C27H34N4O3. The van der Waals surface area contributed by atoms with E-state index >= 15 is 0 Å². The van der Waals surface area contributed by atoms with Crippen LogP contribution in [0.5, 0.6) is 5.75 Å². The van der Waals surface area contributed by atoms with E-state index in [0.29, 0.717) is 31.7 Å². The zero-order valence-electron chi connectivity index (χ0n) is 20.1. The molecule has 3 aromatic rings. The molecule has 0 spiro atoms. The Bertz CT molecular complexity index is 1130. The summed E-state index contributed by atoms with van der Waals surface area (Å²) in [5.41, 5.74) is 2.98. The van der Waals surface area contributed by atoms with E-state index < -0.39 is 0 Å². The fourth-order valence-corrected chi connectivity index (χ4v) is 4.90. The third-order valence-corrected chi connectivity index (χ3v) is 6.66. The third-order valence-electron chi connectivity index (χ3n) is 6.66. The van der Waals surface area contributed by atoms with Crippen molar-refractivity contribution in [2.24, 2.45) is 5.92 Å². The van der Waals surface area contributed by atoms with E-state index in [2.05, 4.69) is 27.9 Å². The lowest BCUT2D eigenvalue weighted by Gasteiger charge is -2.41. The first-order chi connectivity index (χ1) is 16.6. The predicted molar refractivity (Wildman–Crippen MR) is 132 cm³/mol. The number of piperidine rings is 1. The van der Waals surface area contributed by atoms with Gasteiger partial charge in [0.25, 0.3) is 0 Å². The van der Waals surface area contributed by atoms with Gasteiger partial charge in [0.15, 0.2) is 0 Å². The van der Waals surface area contributed by atoms with Crippen molar-refractivity contribution in [1.82, 2.24) is 19.8 Å². The summed E-state index contributed by atoms with van der Waals surface area (Å²) in [6.45, 7) is 4.11. The van der Waals surface area contributed by atoms with Crippen LogP contribution in [0.25, 0.3) is 11.0 Å². The average Bonchev–Trinajstić information content (AvgIpc) is 3.28. The molecule has 0 bridgehead atoms. The highest BCUT2D eigenvalue weighted by atomic mass is 16.5. The van der Waals surface area contributed by atoms with Gasteiger partial charge in [-0.05, 0) is 37.5 Å². The number of unbranched alkanes of at least 4 members (excludes halogenated alkanes) is 1. The van der Waals surface area contributed by atoms with Gasteiger partial charge in [-0.25, -0.2) is 4.98 Å². The molecule has 2 aromatic carbocycles. The Labute approximate surface area is 201 Å². The number of methoxy groups -OCH3 is 1. The van der Waals surface area contributed by atoms with E-state index in [1.54, 1.807) is 7.11 Å². The Balaban J connectivity index is 1.46. The van der Waals surface area contributed by atoms with Gasteiger partial charge in [0.2, 0.25) is 11.8 Å². The summed E-state index contributed by atoms with van der Waals surface area (Å²) in [6.07, 6.45) is 5.49. The maximum Gasteiger partial charge on any atom is 0.225 e. The topological polar surface area (TPSA) is 76.5 Å². The number of fused-ring (bicyclic) bond motifs is 1. The summed E-state index contributed by atoms with van der Waals surface area (Å²) in [5, 5.41) is 3.14. The lowest BCUT2D eigenvalue weighted by Crippen LogP contribution is -2.48. The van der Waals surface area contributed by atoms with Gasteiger partial charge in [0.05, 0.1) is 36.4 Å². The minimum Gasteiger partial charge on any atom is -0.496 e. The number of hydrogen-bond acceptors (Lipinski definition) is 4. The number of hydrogen-bond donors (Lipinski definition) is 1. The number of carbonyl (C=O) groups is 2. The number of likely N-dealkylation sites (tertiary alicyclic amines) is 1. The number of carbonyl (C=O) groups excluding carboxylic acids is 2. The summed E-state index contributed by atoms with van der Waals surface area (Å²) in [6, 6.07) is 15.5. The van der Waals surface area contributed by atoms with Crippen LogP contribution in [0.15, 0.2) is 54.9 Å². The predicted octanol–water partition coefficient (Wildman–Crippen LogP) is 4.33. The zero-order chi connectivity index (χ0) is 23.9. The van der Waals surface area contributed by atoms with E-state index in [1.165, 1.54) is 0 Å². The Morgan fingerprint density at radius 3 is 2.74 bits per heavy atom. The molecule has 7 heteroatoms. The monoisotopic (exact) mass is 462 g/mol. The van der Waals surface area contributed by atoms with E-state index in [9.17, 15) is 9.59 Å². The fraction of sp³-hybridized carbons (Fsp3) is 0.444. The van der Waals surface area contributed by atoms with Crippen LogP contribution in [0.3, 0.4) is 0 Å². The average molecular weight is 463 g/mol. The van der Waals surface area contributed by atoms with Crippen LogP contribution in [-0.4, -0.2) is 46.5 Å². The van der Waals surface area contributed by atoms with Crippen LogP contribution < -0.4 is 10.1 Å². The smallest absolute Gasteiger partial charge is 0.225 e. The largest absolute Gasteiger partial charge is 0.496 e. The highest BCUT2D eigenvalue weighted by Crippen LogP contribution is 2.40. The molecule has 1 aromatic heterocycles. The first-order valence-electron chi connectivity index (χ1n) is 12.2. The molecule has 1 aliphatic heterocycles. The molecular weight excluding hydrogens is 428 g/mol. The van der Waals surface area contributed by atoms with Crippen LogP contribution in [0.4, 0.5) is 0 Å². The van der Waals surface area contributed by atoms with Crippen molar-refractivity contribution >= 4 is 22.8 Å². The number of aromatic nitrogens is 2. The minimum absolute atomic E-state index is 0.000365. The molecule has 1 saturated heterocycles. The Morgan fingerprint density at radius 2 is 1.91 bits per heavy atom. The van der Waals surface area contributed by atoms with Crippen LogP contribution in [0.1, 0.15) is 50.6 Å². The minimum atomic E-state index is -0.318. The first-order valence-corrected chi connectivity index (χ1v) is 12.2. The molecule has 180 valence electrons. The van der Waals surface area contributed by atoms with Crippen molar-refractivity contribution in [1.29, 1.82) is 0 Å². The van der Waals surface area contributed by atoms with E-state index in [0.717, 1.165) is 42.4 Å². The highest BCUT2D eigenvalue weighted by Gasteiger charge is 2.41. The molecule has 7 nitrogen and oxygen atoms in total. The first kappa shape index (κ1) is 23.8. The van der Waals surface area contributed by atoms with E-state index in [4.69, 9.17) is 4.74 Å². The Hall–Kier alpha value is -3.35. The van der Waals surface area contributed by atoms with E-state index in [-0.39, 0.29) is 23.8 Å². The molecule has 2 heterocycles. The molecule has 1 aliphatic rings. The molecule has 4 rings (SSSR count). The maximum atomic E-state index is 13.4. The van der Waals surface area contributed by atoms with Gasteiger partial charge in [-0.2, -0.15) is 0 Å². The zero-order valence-corrected chi connectivity index (χ0v) is 20.1. The van der Waals surface area contributed by atoms with Gasteiger partial charge < -0.3 is 19.5 Å². The molecule has 34 heavy (non-hydrogen) atoms. The van der Waals surface area contributed by atoms with Crippen molar-refractivity contribution in [2.75, 3.05) is 20.2 Å². The quantitative estimate of drug-likeness (QED) is 0.455. The van der Waals surface area contributed by atoms with Crippen LogP contribution in [-0.2, 0) is 16.1 Å². The number of imidazole rings is 1. The maximum absolute atomic E-state index is 13.4. The van der Waals surface area contributed by atoms with Gasteiger partial charge in [-0.15, -0.1) is 0 Å². The number of ether oxygens (including phenoxy) is 1. The number of para-hydroxylation sites is 3. The highest BCUT2D eigenvalue weighted by molar-refractivity contribution is 5.85. The summed E-state index contributed by atoms with van der Waals surface area (Å²) < 4.78 is 7.73. The summed E-state index contributed by atoms with van der Waals surface area (Å²) in [5.74, 6) is 0.522. The fourth-order valence-electron chi connectivity index (χ4n) is 4.90. The molecule has 0 radical (unpaired) electrons. The molecule has 0 unspecified atom stereocenters. The second-order valence-corrected chi connectivity index (χ2v) is 8.84. The molecule has 0 saturated carbocycles. The van der Waals surface area contributed by atoms with Crippen molar-refractivity contribution in [3.63, 3.8) is 0 Å². The van der Waals surface area contributed by atoms with Gasteiger partial charge >= 0.3 is 0 Å². The Morgan fingerprint density at radius 1 is 1.12 bits per heavy atom. The molecule has 2 amide bonds. The second kappa shape index (κ2) is 11.2. The van der Waals surface area contributed by atoms with Crippen LogP contribution >= 0.6 is 0 Å². The number of benzene rings is 2. The van der Waals surface area contributed by atoms with Gasteiger partial charge in [-0.1, -0.05) is 43.7 Å². The Kier molecular flexibility index (Phi) is 7.83. The third kappa shape index (κ3) is 5.08. The van der Waals surface area contributed by atoms with Crippen molar-refractivity contribution in [3.05, 3.63) is 60.4 Å². The van der Waals surface area contributed by atoms with Crippen molar-refractivity contribution in [3.8, 4) is 5.75 Å². The summed E-state index contributed by atoms with van der Waals surface area (Å²) >= 11 is 0. The van der Waals surface area contributed by atoms with Crippen molar-refractivity contribution in [2.45, 2.75) is 51.6 Å². The molecule has 1 fully saturated rings. The molecule has 0 aliphatic carbocycles. The number of nitrogens with zero attached hydrogens (tertiary/aromatic N) is 3. The standard InChI is InChI=1S/C27H34N4O3/c1-3-4-18-31-25(32)15-14-21(26(31)20-10-5-8-13-24(20)34-2)27(33)28-16-9-17-30-19-29-22-11-6-7-12-23(22)30/h5-8,10-13,19,21,26H,3-4,9,14-18H2,1-2H3,(H,28,33)/t21-,26+/m1/s1. The van der Waals surface area contributed by atoms with Crippen LogP contribution in [0, 0.1) is 5.92 Å². The normalized spacial score (nSPS) is 18.3.